The van der Waals surface area contributed by atoms with Crippen LogP contribution < -0.4 is 15.4 Å². The van der Waals surface area contributed by atoms with E-state index in [9.17, 15) is 4.79 Å². The van der Waals surface area contributed by atoms with E-state index in [2.05, 4.69) is 10.6 Å². The fourth-order valence-electron chi connectivity index (χ4n) is 3.45. The molecule has 4 nitrogen and oxygen atoms in total. The van der Waals surface area contributed by atoms with E-state index in [0.29, 0.717) is 11.7 Å². The molecule has 124 valence electrons. The van der Waals surface area contributed by atoms with E-state index in [-0.39, 0.29) is 5.91 Å². The van der Waals surface area contributed by atoms with Gasteiger partial charge in [0.1, 0.15) is 5.75 Å². The van der Waals surface area contributed by atoms with Crippen molar-refractivity contribution in [3.8, 4) is 5.75 Å². The van der Waals surface area contributed by atoms with Crippen LogP contribution in [0.15, 0.2) is 42.5 Å². The molecule has 2 N–H and O–H groups in total. The molecular weight excluding hydrogens is 300 g/mol. The molecule has 0 radical (unpaired) electrons. The van der Waals surface area contributed by atoms with Crippen molar-refractivity contribution in [2.75, 3.05) is 5.32 Å². The summed E-state index contributed by atoms with van der Waals surface area (Å²) in [7, 11) is 0. The Kier molecular flexibility index (Phi) is 4.22. The van der Waals surface area contributed by atoms with Crippen LogP contribution in [-0.2, 0) is 13.1 Å². The summed E-state index contributed by atoms with van der Waals surface area (Å²) in [6.45, 7) is 1.73. The summed E-state index contributed by atoms with van der Waals surface area (Å²) in [5.41, 5.74) is 3.98. The molecule has 0 saturated heterocycles. The molecule has 1 aliphatic heterocycles. The van der Waals surface area contributed by atoms with Crippen molar-refractivity contribution in [1.29, 1.82) is 0 Å². The van der Waals surface area contributed by atoms with Gasteiger partial charge in [0.2, 0.25) is 0 Å². The summed E-state index contributed by atoms with van der Waals surface area (Å²) in [6, 6.07) is 13.6. The fourth-order valence-corrected chi connectivity index (χ4v) is 3.45. The van der Waals surface area contributed by atoms with Gasteiger partial charge in [-0.05, 0) is 73.2 Å². The van der Waals surface area contributed by atoms with Gasteiger partial charge in [-0.2, -0.15) is 0 Å². The zero-order chi connectivity index (χ0) is 16.4. The third kappa shape index (κ3) is 3.29. The van der Waals surface area contributed by atoms with Gasteiger partial charge in [-0.1, -0.05) is 6.07 Å². The summed E-state index contributed by atoms with van der Waals surface area (Å²) in [4.78, 5) is 12.4. The topological polar surface area (TPSA) is 50.4 Å². The Morgan fingerprint density at radius 2 is 1.75 bits per heavy atom. The van der Waals surface area contributed by atoms with E-state index in [1.807, 2.05) is 42.5 Å². The quantitative estimate of drug-likeness (QED) is 0.898. The Hall–Kier alpha value is -2.33. The average molecular weight is 322 g/mol. The molecule has 1 amide bonds. The van der Waals surface area contributed by atoms with Crippen molar-refractivity contribution in [3.63, 3.8) is 0 Å². The van der Waals surface area contributed by atoms with E-state index in [0.717, 1.165) is 37.4 Å². The van der Waals surface area contributed by atoms with Crippen LogP contribution in [0, 0.1) is 0 Å². The lowest BCUT2D eigenvalue weighted by molar-refractivity contribution is 0.102. The lowest BCUT2D eigenvalue weighted by Crippen LogP contribution is -2.13. The van der Waals surface area contributed by atoms with Gasteiger partial charge in [-0.3, -0.25) is 4.79 Å². The molecule has 0 bridgehead atoms. The summed E-state index contributed by atoms with van der Waals surface area (Å²) in [6.07, 6.45) is 5.16. The second-order valence-electron chi connectivity index (χ2n) is 6.59. The SMILES string of the molecule is O=C(Nc1ccc(OC2CCCC2)cc1)c1ccc2c(c1)CNC2. The van der Waals surface area contributed by atoms with Gasteiger partial charge in [-0.15, -0.1) is 0 Å². The van der Waals surface area contributed by atoms with Crippen LogP contribution in [0.25, 0.3) is 0 Å². The van der Waals surface area contributed by atoms with E-state index in [1.54, 1.807) is 0 Å². The van der Waals surface area contributed by atoms with E-state index in [1.165, 1.54) is 24.0 Å². The number of anilines is 1. The minimum Gasteiger partial charge on any atom is -0.490 e. The van der Waals surface area contributed by atoms with Crippen LogP contribution in [-0.4, -0.2) is 12.0 Å². The van der Waals surface area contributed by atoms with Crippen LogP contribution in [0.4, 0.5) is 5.69 Å². The molecule has 4 rings (SSSR count). The normalized spacial score (nSPS) is 16.8. The van der Waals surface area contributed by atoms with Crippen LogP contribution >= 0.6 is 0 Å². The number of carbonyl (C=O) groups is 1. The summed E-state index contributed by atoms with van der Waals surface area (Å²) in [5.74, 6) is 0.803. The van der Waals surface area contributed by atoms with Crippen molar-refractivity contribution in [3.05, 3.63) is 59.2 Å². The van der Waals surface area contributed by atoms with Crippen molar-refractivity contribution in [1.82, 2.24) is 5.32 Å². The number of fused-ring (bicyclic) bond motifs is 1. The number of hydrogen-bond donors (Lipinski definition) is 2. The van der Waals surface area contributed by atoms with Gasteiger partial charge < -0.3 is 15.4 Å². The molecule has 1 aliphatic carbocycles. The largest absolute Gasteiger partial charge is 0.490 e. The molecule has 0 spiro atoms. The first-order chi connectivity index (χ1) is 11.8. The number of carbonyl (C=O) groups excluding carboxylic acids is 1. The molecule has 0 aromatic heterocycles. The lowest BCUT2D eigenvalue weighted by atomic mass is 10.1. The predicted octanol–water partition coefficient (Wildman–Crippen LogP) is 3.86. The number of hydrogen-bond acceptors (Lipinski definition) is 3. The molecule has 1 fully saturated rings. The van der Waals surface area contributed by atoms with E-state index in [4.69, 9.17) is 4.74 Å². The number of amides is 1. The maximum atomic E-state index is 12.4. The standard InChI is InChI=1S/C20H22N2O2/c23-20(14-5-6-15-12-21-13-16(15)11-14)22-17-7-9-19(10-8-17)24-18-3-1-2-4-18/h5-11,18,21H,1-4,12-13H2,(H,22,23). The first-order valence-electron chi connectivity index (χ1n) is 8.68. The molecule has 1 heterocycles. The van der Waals surface area contributed by atoms with Gasteiger partial charge in [0, 0.05) is 24.3 Å². The summed E-state index contributed by atoms with van der Waals surface area (Å²) in [5, 5.41) is 6.25. The predicted molar refractivity (Wildman–Crippen MR) is 94.3 cm³/mol. The van der Waals surface area contributed by atoms with Gasteiger partial charge in [0.05, 0.1) is 6.10 Å². The third-order valence-corrected chi connectivity index (χ3v) is 4.82. The molecule has 2 aromatic rings. The minimum absolute atomic E-state index is 0.0749. The summed E-state index contributed by atoms with van der Waals surface area (Å²) >= 11 is 0. The third-order valence-electron chi connectivity index (χ3n) is 4.82. The fraction of sp³-hybridized carbons (Fsp3) is 0.350. The Labute approximate surface area is 142 Å². The van der Waals surface area contributed by atoms with Crippen molar-refractivity contribution in [2.45, 2.75) is 44.9 Å². The Bertz CT molecular complexity index is 734. The summed E-state index contributed by atoms with van der Waals surface area (Å²) < 4.78 is 5.95. The lowest BCUT2D eigenvalue weighted by Gasteiger charge is -2.13. The van der Waals surface area contributed by atoms with Gasteiger partial charge >= 0.3 is 0 Å². The average Bonchev–Trinajstić information content (AvgIpc) is 3.27. The molecule has 0 unspecified atom stereocenters. The first-order valence-corrected chi connectivity index (χ1v) is 8.68. The highest BCUT2D eigenvalue weighted by Gasteiger charge is 2.16. The molecule has 0 atom stereocenters. The van der Waals surface area contributed by atoms with E-state index < -0.39 is 0 Å². The van der Waals surface area contributed by atoms with Crippen LogP contribution in [0.5, 0.6) is 5.75 Å². The monoisotopic (exact) mass is 322 g/mol. The van der Waals surface area contributed by atoms with Gasteiger partial charge in [0.25, 0.3) is 5.91 Å². The second-order valence-corrected chi connectivity index (χ2v) is 6.59. The molecular formula is C20H22N2O2. The maximum Gasteiger partial charge on any atom is 0.255 e. The van der Waals surface area contributed by atoms with Crippen LogP contribution in [0.3, 0.4) is 0 Å². The molecule has 1 saturated carbocycles. The second kappa shape index (κ2) is 6.65. The zero-order valence-corrected chi connectivity index (χ0v) is 13.7. The van der Waals surface area contributed by atoms with Gasteiger partial charge in [-0.25, -0.2) is 0 Å². The highest BCUT2D eigenvalue weighted by atomic mass is 16.5. The molecule has 2 aliphatic rings. The van der Waals surface area contributed by atoms with E-state index >= 15 is 0 Å². The minimum atomic E-state index is -0.0749. The Balaban J connectivity index is 1.40. The van der Waals surface area contributed by atoms with Crippen molar-refractivity contribution < 1.29 is 9.53 Å². The van der Waals surface area contributed by atoms with Crippen LogP contribution in [0.1, 0.15) is 47.2 Å². The molecule has 2 aromatic carbocycles. The molecule has 24 heavy (non-hydrogen) atoms. The number of nitrogens with one attached hydrogen (secondary N) is 2. The zero-order valence-electron chi connectivity index (χ0n) is 13.7. The smallest absolute Gasteiger partial charge is 0.255 e. The number of benzene rings is 2. The highest BCUT2D eigenvalue weighted by Crippen LogP contribution is 2.25. The molecule has 4 heteroatoms. The van der Waals surface area contributed by atoms with Gasteiger partial charge in [0.15, 0.2) is 0 Å². The number of rotatable bonds is 4. The highest BCUT2D eigenvalue weighted by molar-refractivity contribution is 6.04. The van der Waals surface area contributed by atoms with Crippen LogP contribution in [0.2, 0.25) is 0 Å². The Morgan fingerprint density at radius 1 is 1.00 bits per heavy atom. The number of ether oxygens (including phenoxy) is 1. The first kappa shape index (κ1) is 15.2. The maximum absolute atomic E-state index is 12.4. The van der Waals surface area contributed by atoms with Crippen molar-refractivity contribution in [2.24, 2.45) is 0 Å². The van der Waals surface area contributed by atoms with Crippen molar-refractivity contribution >= 4 is 11.6 Å². The Morgan fingerprint density at radius 3 is 2.54 bits per heavy atom.